The first-order chi connectivity index (χ1) is 10.8. The number of hydrogen-bond acceptors (Lipinski definition) is 6. The van der Waals surface area contributed by atoms with Crippen LogP contribution in [-0.4, -0.2) is 49.9 Å². The summed E-state index contributed by atoms with van der Waals surface area (Å²) >= 11 is 1.61. The smallest absolute Gasteiger partial charge is 0.217 e. The number of sulfonamides is 1. The third-order valence-corrected chi connectivity index (χ3v) is 9.77. The number of aromatic nitrogens is 1. The fourth-order valence-corrected chi connectivity index (χ4v) is 7.90. The zero-order valence-electron chi connectivity index (χ0n) is 13.2. The van der Waals surface area contributed by atoms with Gasteiger partial charge in [0, 0.05) is 11.9 Å². The third-order valence-electron chi connectivity index (χ3n) is 4.61. The molecular weight excluding hydrogens is 356 g/mol. The van der Waals surface area contributed by atoms with E-state index in [9.17, 15) is 16.8 Å². The van der Waals surface area contributed by atoms with Crippen molar-refractivity contribution in [2.75, 3.05) is 18.6 Å². The van der Waals surface area contributed by atoms with Gasteiger partial charge in [0.1, 0.15) is 14.8 Å². The molecular formula is C14H22N2O4S3. The second-order valence-electron chi connectivity index (χ2n) is 6.34. The number of sulfone groups is 1. The standard InChI is InChI=1S/C14H22N2O4S3/c1-16(10-14-15-12-4-2-3-5-13(12)21-14)23(19,20)11-6-8-22(17,18)9-7-11/h11H,2-10H2,1H3. The largest absolute Gasteiger partial charge is 0.245 e. The van der Waals surface area contributed by atoms with E-state index in [1.165, 1.54) is 15.6 Å². The summed E-state index contributed by atoms with van der Waals surface area (Å²) in [7, 11) is -4.96. The summed E-state index contributed by atoms with van der Waals surface area (Å²) in [6, 6.07) is 0. The Morgan fingerprint density at radius 2 is 1.87 bits per heavy atom. The number of rotatable bonds is 4. The average Bonchev–Trinajstić information content (AvgIpc) is 2.88. The number of fused-ring (bicyclic) bond motifs is 1. The van der Waals surface area contributed by atoms with E-state index in [2.05, 4.69) is 4.98 Å². The number of nitrogens with zero attached hydrogens (tertiary/aromatic N) is 2. The first kappa shape index (κ1) is 17.3. The van der Waals surface area contributed by atoms with Crippen LogP contribution in [0.5, 0.6) is 0 Å². The fourth-order valence-electron chi connectivity index (χ4n) is 3.17. The molecule has 0 radical (unpaired) electrons. The van der Waals surface area contributed by atoms with E-state index in [1.54, 1.807) is 18.4 Å². The van der Waals surface area contributed by atoms with Crippen molar-refractivity contribution < 1.29 is 16.8 Å². The van der Waals surface area contributed by atoms with Gasteiger partial charge in [-0.25, -0.2) is 21.8 Å². The van der Waals surface area contributed by atoms with Crippen molar-refractivity contribution in [3.8, 4) is 0 Å². The molecule has 2 heterocycles. The Kier molecular flexibility index (Phi) is 4.83. The van der Waals surface area contributed by atoms with Crippen molar-refractivity contribution in [1.82, 2.24) is 9.29 Å². The molecule has 0 bridgehead atoms. The van der Waals surface area contributed by atoms with Gasteiger partial charge in [0.05, 0.1) is 29.0 Å². The normalized spacial score (nSPS) is 22.2. The van der Waals surface area contributed by atoms with Crippen molar-refractivity contribution in [3.05, 3.63) is 15.6 Å². The van der Waals surface area contributed by atoms with Crippen LogP contribution in [0.1, 0.15) is 41.3 Å². The van der Waals surface area contributed by atoms with Gasteiger partial charge in [-0.1, -0.05) is 0 Å². The molecule has 2 aliphatic rings. The Bertz CT molecular complexity index is 745. The van der Waals surface area contributed by atoms with E-state index >= 15 is 0 Å². The van der Waals surface area contributed by atoms with Crippen LogP contribution in [0.15, 0.2) is 0 Å². The van der Waals surface area contributed by atoms with Crippen LogP contribution in [0.4, 0.5) is 0 Å². The van der Waals surface area contributed by atoms with E-state index in [-0.39, 0.29) is 30.9 Å². The summed E-state index contributed by atoms with van der Waals surface area (Å²) in [5.74, 6) is -0.0629. The van der Waals surface area contributed by atoms with E-state index in [4.69, 9.17) is 0 Å². The van der Waals surface area contributed by atoms with Crippen LogP contribution >= 0.6 is 11.3 Å². The van der Waals surface area contributed by atoms with Crippen molar-refractivity contribution in [2.24, 2.45) is 0 Å². The van der Waals surface area contributed by atoms with E-state index < -0.39 is 25.1 Å². The zero-order valence-corrected chi connectivity index (χ0v) is 15.6. The van der Waals surface area contributed by atoms with Crippen molar-refractivity contribution in [3.63, 3.8) is 0 Å². The molecule has 0 aromatic carbocycles. The minimum absolute atomic E-state index is 0.0315. The predicted octanol–water partition coefficient (Wildman–Crippen LogP) is 1.36. The van der Waals surface area contributed by atoms with Crippen LogP contribution in [0.2, 0.25) is 0 Å². The molecule has 1 aromatic rings. The number of aryl methyl sites for hydroxylation is 2. The molecule has 23 heavy (non-hydrogen) atoms. The van der Waals surface area contributed by atoms with Gasteiger partial charge < -0.3 is 0 Å². The molecule has 1 aliphatic carbocycles. The Labute approximate surface area is 141 Å². The monoisotopic (exact) mass is 378 g/mol. The lowest BCUT2D eigenvalue weighted by Gasteiger charge is -2.26. The summed E-state index contributed by atoms with van der Waals surface area (Å²) in [6.45, 7) is 0.281. The molecule has 0 amide bonds. The SMILES string of the molecule is CN(Cc1nc2c(s1)CCCC2)S(=O)(=O)C1CCS(=O)(=O)CC1. The molecule has 0 spiro atoms. The summed E-state index contributed by atoms with van der Waals surface area (Å²) in [5, 5.41) is 0.247. The molecule has 3 rings (SSSR count). The lowest BCUT2D eigenvalue weighted by molar-refractivity contribution is 0.447. The van der Waals surface area contributed by atoms with E-state index in [0.29, 0.717) is 0 Å². The van der Waals surface area contributed by atoms with Crippen LogP contribution in [0.25, 0.3) is 0 Å². The molecule has 0 N–H and O–H groups in total. The third kappa shape index (κ3) is 3.78. The summed E-state index contributed by atoms with van der Waals surface area (Å²) in [5.41, 5.74) is 1.13. The van der Waals surface area contributed by atoms with Crippen LogP contribution in [0, 0.1) is 0 Å². The highest BCUT2D eigenvalue weighted by atomic mass is 32.2. The van der Waals surface area contributed by atoms with Gasteiger partial charge in [0.25, 0.3) is 0 Å². The maximum absolute atomic E-state index is 12.7. The predicted molar refractivity (Wildman–Crippen MR) is 90.8 cm³/mol. The quantitative estimate of drug-likeness (QED) is 0.790. The zero-order chi connectivity index (χ0) is 16.7. The average molecular weight is 379 g/mol. The van der Waals surface area contributed by atoms with Gasteiger partial charge in [0.2, 0.25) is 10.0 Å². The first-order valence-electron chi connectivity index (χ1n) is 7.91. The van der Waals surface area contributed by atoms with Crippen molar-refractivity contribution >= 4 is 31.2 Å². The molecule has 6 nitrogen and oxygen atoms in total. The number of hydrogen-bond donors (Lipinski definition) is 0. The van der Waals surface area contributed by atoms with Crippen LogP contribution < -0.4 is 0 Å². The second kappa shape index (κ2) is 6.42. The second-order valence-corrected chi connectivity index (χ2v) is 12.1. The van der Waals surface area contributed by atoms with Gasteiger partial charge in [-0.2, -0.15) is 4.31 Å². The summed E-state index contributed by atoms with van der Waals surface area (Å²) < 4.78 is 49.6. The minimum Gasteiger partial charge on any atom is -0.245 e. The van der Waals surface area contributed by atoms with E-state index in [1.807, 2.05) is 0 Å². The highest BCUT2D eigenvalue weighted by Crippen LogP contribution is 2.28. The highest BCUT2D eigenvalue weighted by Gasteiger charge is 2.35. The molecule has 0 saturated carbocycles. The van der Waals surface area contributed by atoms with Crippen LogP contribution in [-0.2, 0) is 39.2 Å². The topological polar surface area (TPSA) is 84.4 Å². The Hall–Kier alpha value is -0.510. The molecule has 0 unspecified atom stereocenters. The first-order valence-corrected chi connectivity index (χ1v) is 12.0. The molecule has 0 atom stereocenters. The Balaban J connectivity index is 1.69. The minimum atomic E-state index is -3.48. The molecule has 1 fully saturated rings. The lowest BCUT2D eigenvalue weighted by atomic mass is 10.0. The van der Waals surface area contributed by atoms with Crippen molar-refractivity contribution in [2.45, 2.75) is 50.3 Å². The van der Waals surface area contributed by atoms with E-state index in [0.717, 1.165) is 30.0 Å². The molecule has 1 aromatic heterocycles. The van der Waals surface area contributed by atoms with Gasteiger partial charge >= 0.3 is 0 Å². The number of thiazole rings is 1. The maximum atomic E-state index is 12.7. The Morgan fingerprint density at radius 3 is 2.52 bits per heavy atom. The van der Waals surface area contributed by atoms with Gasteiger partial charge in [0.15, 0.2) is 0 Å². The van der Waals surface area contributed by atoms with Gasteiger partial charge in [-0.3, -0.25) is 0 Å². The van der Waals surface area contributed by atoms with Crippen molar-refractivity contribution in [1.29, 1.82) is 0 Å². The van der Waals surface area contributed by atoms with Crippen LogP contribution in [0.3, 0.4) is 0 Å². The summed E-state index contributed by atoms with van der Waals surface area (Å²) in [6.07, 6.45) is 4.76. The molecule has 1 saturated heterocycles. The summed E-state index contributed by atoms with van der Waals surface area (Å²) in [4.78, 5) is 5.88. The lowest BCUT2D eigenvalue weighted by Crippen LogP contribution is -2.40. The molecule has 9 heteroatoms. The Morgan fingerprint density at radius 1 is 1.22 bits per heavy atom. The van der Waals surface area contributed by atoms with Gasteiger partial charge in [-0.05, 0) is 38.5 Å². The maximum Gasteiger partial charge on any atom is 0.217 e. The highest BCUT2D eigenvalue weighted by molar-refractivity contribution is 7.92. The van der Waals surface area contributed by atoms with Gasteiger partial charge in [-0.15, -0.1) is 11.3 Å². The fraction of sp³-hybridized carbons (Fsp3) is 0.786. The molecule has 130 valence electrons. The molecule has 1 aliphatic heterocycles.